The van der Waals surface area contributed by atoms with Crippen LogP contribution in [0.1, 0.15) is 12.5 Å². The van der Waals surface area contributed by atoms with Gasteiger partial charge in [-0.25, -0.2) is 0 Å². The Bertz CT molecular complexity index is 882. The van der Waals surface area contributed by atoms with E-state index in [9.17, 15) is 9.90 Å². The molecular weight excluding hydrogens is 306 g/mol. The number of aromatic nitrogens is 1. The van der Waals surface area contributed by atoms with Gasteiger partial charge in [-0.15, -0.1) is 0 Å². The van der Waals surface area contributed by atoms with Crippen molar-refractivity contribution in [2.75, 3.05) is 13.7 Å². The van der Waals surface area contributed by atoms with Crippen LogP contribution < -0.4 is 9.47 Å². The summed E-state index contributed by atoms with van der Waals surface area (Å²) in [6.07, 6.45) is -0.0673. The minimum Gasteiger partial charge on any atom is -0.497 e. The Balaban J connectivity index is 2.20. The molecule has 0 atom stereocenters. The molecule has 5 nitrogen and oxygen atoms in total. The first kappa shape index (κ1) is 15.9. The first-order valence-corrected chi connectivity index (χ1v) is 7.76. The van der Waals surface area contributed by atoms with E-state index in [0.717, 1.165) is 39.2 Å². The second-order valence-corrected chi connectivity index (χ2v) is 5.42. The predicted molar refractivity (Wildman–Crippen MR) is 92.8 cm³/mol. The zero-order valence-corrected chi connectivity index (χ0v) is 13.6. The van der Waals surface area contributed by atoms with Gasteiger partial charge in [0.15, 0.2) is 0 Å². The van der Waals surface area contributed by atoms with Gasteiger partial charge in [0.1, 0.15) is 11.5 Å². The van der Waals surface area contributed by atoms with Crippen molar-refractivity contribution in [1.82, 2.24) is 4.98 Å². The molecule has 3 aromatic rings. The highest BCUT2D eigenvalue weighted by molar-refractivity contribution is 5.94. The van der Waals surface area contributed by atoms with Crippen LogP contribution in [0.25, 0.3) is 22.2 Å². The first-order valence-electron chi connectivity index (χ1n) is 7.76. The number of methoxy groups -OCH3 is 1. The van der Waals surface area contributed by atoms with Gasteiger partial charge in [0.25, 0.3) is 0 Å². The number of fused-ring (bicyclic) bond motifs is 1. The minimum atomic E-state index is -0.873. The van der Waals surface area contributed by atoms with Crippen molar-refractivity contribution in [3.63, 3.8) is 0 Å². The third kappa shape index (κ3) is 3.06. The van der Waals surface area contributed by atoms with Gasteiger partial charge in [-0.1, -0.05) is 12.1 Å². The van der Waals surface area contributed by atoms with Crippen LogP contribution in [0.3, 0.4) is 0 Å². The lowest BCUT2D eigenvalue weighted by molar-refractivity contribution is -0.136. The normalized spacial score (nSPS) is 10.8. The van der Waals surface area contributed by atoms with E-state index in [1.165, 1.54) is 0 Å². The smallest absolute Gasteiger partial charge is 0.307 e. The van der Waals surface area contributed by atoms with E-state index in [1.807, 2.05) is 49.4 Å². The standard InChI is InChI=1S/C19H19NO4/c1-3-24-14-7-8-17-15(10-14)16(11-18(21)22)19(20-17)12-5-4-6-13(9-12)23-2/h4-10,20H,3,11H2,1-2H3,(H,21,22). The molecule has 0 saturated heterocycles. The Kier molecular flexibility index (Phi) is 4.42. The minimum absolute atomic E-state index is 0.0673. The van der Waals surface area contributed by atoms with Crippen LogP contribution in [0, 0.1) is 0 Å². The van der Waals surface area contributed by atoms with Gasteiger partial charge in [-0.05, 0) is 42.8 Å². The van der Waals surface area contributed by atoms with Crippen LogP contribution in [-0.2, 0) is 11.2 Å². The molecule has 24 heavy (non-hydrogen) atoms. The molecule has 5 heteroatoms. The molecule has 2 aromatic carbocycles. The van der Waals surface area contributed by atoms with Crippen molar-refractivity contribution >= 4 is 16.9 Å². The number of ether oxygens (including phenoxy) is 2. The van der Waals surface area contributed by atoms with Crippen LogP contribution >= 0.6 is 0 Å². The van der Waals surface area contributed by atoms with Crippen LogP contribution in [0.4, 0.5) is 0 Å². The highest BCUT2D eigenvalue weighted by Crippen LogP contribution is 2.34. The molecule has 0 fully saturated rings. The van der Waals surface area contributed by atoms with Crippen molar-refractivity contribution < 1.29 is 19.4 Å². The summed E-state index contributed by atoms with van der Waals surface area (Å²) < 4.78 is 10.8. The van der Waals surface area contributed by atoms with Crippen molar-refractivity contribution in [3.8, 4) is 22.8 Å². The fourth-order valence-electron chi connectivity index (χ4n) is 2.84. The second kappa shape index (κ2) is 6.66. The third-order valence-corrected chi connectivity index (χ3v) is 3.88. The lowest BCUT2D eigenvalue weighted by Crippen LogP contribution is -2.01. The number of nitrogens with one attached hydrogen (secondary N) is 1. The fraction of sp³-hybridized carbons (Fsp3) is 0.211. The van der Waals surface area contributed by atoms with Gasteiger partial charge in [0.2, 0.25) is 0 Å². The van der Waals surface area contributed by atoms with Gasteiger partial charge in [0, 0.05) is 16.5 Å². The average molecular weight is 325 g/mol. The molecule has 0 bridgehead atoms. The summed E-state index contributed by atoms with van der Waals surface area (Å²) >= 11 is 0. The zero-order valence-electron chi connectivity index (χ0n) is 13.6. The molecule has 0 radical (unpaired) electrons. The summed E-state index contributed by atoms with van der Waals surface area (Å²) in [5.74, 6) is 0.581. The molecule has 0 aliphatic rings. The topological polar surface area (TPSA) is 71.5 Å². The van der Waals surface area contributed by atoms with E-state index < -0.39 is 5.97 Å². The quantitative estimate of drug-likeness (QED) is 0.722. The molecular formula is C19H19NO4. The van der Waals surface area contributed by atoms with Gasteiger partial charge in [0.05, 0.1) is 25.8 Å². The van der Waals surface area contributed by atoms with E-state index in [0.29, 0.717) is 6.61 Å². The molecule has 0 spiro atoms. The molecule has 3 rings (SSSR count). The van der Waals surface area contributed by atoms with E-state index in [-0.39, 0.29) is 6.42 Å². The Morgan fingerprint density at radius 2 is 2.00 bits per heavy atom. The largest absolute Gasteiger partial charge is 0.497 e. The van der Waals surface area contributed by atoms with Crippen molar-refractivity contribution in [2.24, 2.45) is 0 Å². The lowest BCUT2D eigenvalue weighted by Gasteiger charge is -2.06. The number of hydrogen-bond acceptors (Lipinski definition) is 3. The van der Waals surface area contributed by atoms with Crippen LogP contribution in [-0.4, -0.2) is 29.8 Å². The number of aromatic amines is 1. The maximum Gasteiger partial charge on any atom is 0.307 e. The molecule has 1 aromatic heterocycles. The summed E-state index contributed by atoms with van der Waals surface area (Å²) in [6.45, 7) is 2.48. The number of carboxylic acids is 1. The monoisotopic (exact) mass is 325 g/mol. The van der Waals surface area contributed by atoms with Gasteiger partial charge >= 0.3 is 5.97 Å². The van der Waals surface area contributed by atoms with E-state index in [2.05, 4.69) is 4.98 Å². The lowest BCUT2D eigenvalue weighted by atomic mass is 10.0. The molecule has 124 valence electrons. The van der Waals surface area contributed by atoms with Crippen LogP contribution in [0.2, 0.25) is 0 Å². The fourth-order valence-corrected chi connectivity index (χ4v) is 2.84. The van der Waals surface area contributed by atoms with Crippen molar-refractivity contribution in [1.29, 1.82) is 0 Å². The third-order valence-electron chi connectivity index (χ3n) is 3.88. The maximum absolute atomic E-state index is 11.4. The van der Waals surface area contributed by atoms with E-state index >= 15 is 0 Å². The number of hydrogen-bond donors (Lipinski definition) is 2. The number of carbonyl (C=O) groups is 1. The Morgan fingerprint density at radius 1 is 1.17 bits per heavy atom. The summed E-state index contributed by atoms with van der Waals surface area (Å²) in [6, 6.07) is 13.2. The van der Waals surface area contributed by atoms with Gasteiger partial charge in [-0.2, -0.15) is 0 Å². The van der Waals surface area contributed by atoms with E-state index in [4.69, 9.17) is 9.47 Å². The van der Waals surface area contributed by atoms with Gasteiger partial charge in [-0.3, -0.25) is 4.79 Å². The summed E-state index contributed by atoms with van der Waals surface area (Å²) in [7, 11) is 1.61. The number of benzene rings is 2. The summed E-state index contributed by atoms with van der Waals surface area (Å²) in [5, 5.41) is 10.2. The molecule has 0 aliphatic carbocycles. The maximum atomic E-state index is 11.4. The van der Waals surface area contributed by atoms with Gasteiger partial charge < -0.3 is 19.6 Å². The molecule has 2 N–H and O–H groups in total. The highest BCUT2D eigenvalue weighted by Gasteiger charge is 2.17. The van der Waals surface area contributed by atoms with Crippen molar-refractivity contribution in [3.05, 3.63) is 48.0 Å². The molecule has 0 amide bonds. The number of carboxylic acid groups (broad SMARTS) is 1. The first-order chi connectivity index (χ1) is 11.6. The Hall–Kier alpha value is -2.95. The number of H-pyrrole nitrogens is 1. The Labute approximate surface area is 139 Å². The van der Waals surface area contributed by atoms with Crippen molar-refractivity contribution in [2.45, 2.75) is 13.3 Å². The predicted octanol–water partition coefficient (Wildman–Crippen LogP) is 3.87. The Morgan fingerprint density at radius 3 is 2.71 bits per heavy atom. The molecule has 0 aliphatic heterocycles. The summed E-state index contributed by atoms with van der Waals surface area (Å²) in [4.78, 5) is 14.7. The average Bonchev–Trinajstić information content (AvgIpc) is 2.93. The van der Waals surface area contributed by atoms with E-state index in [1.54, 1.807) is 7.11 Å². The number of rotatable bonds is 6. The molecule has 0 saturated carbocycles. The second-order valence-electron chi connectivity index (χ2n) is 5.42. The molecule has 1 heterocycles. The SMILES string of the molecule is CCOc1ccc2[nH]c(-c3cccc(OC)c3)c(CC(=O)O)c2c1. The van der Waals surface area contributed by atoms with Crippen LogP contribution in [0.5, 0.6) is 11.5 Å². The molecule has 0 unspecified atom stereocenters. The number of aliphatic carboxylic acids is 1. The zero-order chi connectivity index (χ0) is 17.1. The highest BCUT2D eigenvalue weighted by atomic mass is 16.5. The summed E-state index contributed by atoms with van der Waals surface area (Å²) in [5.41, 5.74) is 3.31. The van der Waals surface area contributed by atoms with Crippen LogP contribution in [0.15, 0.2) is 42.5 Å².